The first-order valence-corrected chi connectivity index (χ1v) is 6.96. The average Bonchev–Trinajstić information content (AvgIpc) is 3.18. The van der Waals surface area contributed by atoms with Crippen LogP contribution in [0.1, 0.15) is 0 Å². The maximum absolute atomic E-state index is 5.30. The predicted octanol–water partition coefficient (Wildman–Crippen LogP) is 1.70. The first kappa shape index (κ1) is 13.5. The van der Waals surface area contributed by atoms with Crippen molar-refractivity contribution in [3.63, 3.8) is 0 Å². The number of aromatic nitrogens is 6. The lowest BCUT2D eigenvalue weighted by Gasteiger charge is -2.05. The lowest BCUT2D eigenvalue weighted by atomic mass is 10.2. The third-order valence-corrected chi connectivity index (χ3v) is 3.68. The summed E-state index contributed by atoms with van der Waals surface area (Å²) in [7, 11) is 5.06. The van der Waals surface area contributed by atoms with Crippen LogP contribution in [0.3, 0.4) is 0 Å². The van der Waals surface area contributed by atoms with Gasteiger partial charge in [-0.2, -0.15) is 5.10 Å². The first-order valence-electron chi connectivity index (χ1n) is 6.96. The Bertz CT molecular complexity index is 997. The smallest absolute Gasteiger partial charge is 0.182 e. The van der Waals surface area contributed by atoms with Gasteiger partial charge in [0.25, 0.3) is 0 Å². The van der Waals surface area contributed by atoms with Crippen molar-refractivity contribution in [1.82, 2.24) is 29.4 Å². The molecule has 116 valence electrons. The van der Waals surface area contributed by atoms with Crippen LogP contribution >= 0.6 is 0 Å². The summed E-state index contributed by atoms with van der Waals surface area (Å²) >= 11 is 0. The predicted molar refractivity (Wildman–Crippen MR) is 83.6 cm³/mol. The maximum atomic E-state index is 5.30. The summed E-state index contributed by atoms with van der Waals surface area (Å²) in [6.45, 7) is 0. The molecule has 0 bridgehead atoms. The van der Waals surface area contributed by atoms with Crippen LogP contribution in [0.2, 0.25) is 0 Å². The van der Waals surface area contributed by atoms with Crippen LogP contribution in [0.15, 0.2) is 30.7 Å². The van der Waals surface area contributed by atoms with Crippen LogP contribution < -0.4 is 9.47 Å². The molecule has 0 aliphatic rings. The molecule has 0 N–H and O–H groups in total. The third-order valence-electron chi connectivity index (χ3n) is 3.68. The molecule has 3 heterocycles. The molecular formula is C15H14N6O2. The molecule has 0 radical (unpaired) electrons. The van der Waals surface area contributed by atoms with Crippen molar-refractivity contribution >= 4 is 16.7 Å². The molecule has 0 aliphatic heterocycles. The highest BCUT2D eigenvalue weighted by Crippen LogP contribution is 2.28. The number of hydrogen-bond donors (Lipinski definition) is 0. The Balaban J connectivity index is 1.94. The summed E-state index contributed by atoms with van der Waals surface area (Å²) in [5.74, 6) is 1.94. The third kappa shape index (κ3) is 2.07. The van der Waals surface area contributed by atoms with Crippen molar-refractivity contribution in [1.29, 1.82) is 0 Å². The second-order valence-electron chi connectivity index (χ2n) is 5.05. The largest absolute Gasteiger partial charge is 0.497 e. The van der Waals surface area contributed by atoms with Gasteiger partial charge in [0, 0.05) is 18.7 Å². The van der Waals surface area contributed by atoms with Gasteiger partial charge in [-0.15, -0.1) is 5.10 Å². The Morgan fingerprint density at radius 3 is 2.43 bits per heavy atom. The molecule has 8 heteroatoms. The van der Waals surface area contributed by atoms with E-state index in [1.54, 1.807) is 42.0 Å². The van der Waals surface area contributed by atoms with Gasteiger partial charge in [-0.3, -0.25) is 4.68 Å². The fraction of sp³-hybridized carbons (Fsp3) is 0.200. The zero-order chi connectivity index (χ0) is 16.0. The Morgan fingerprint density at radius 1 is 1.00 bits per heavy atom. The van der Waals surface area contributed by atoms with Crippen LogP contribution in [0.4, 0.5) is 0 Å². The fourth-order valence-corrected chi connectivity index (χ4v) is 2.50. The number of fused-ring (bicyclic) bond motifs is 3. The monoisotopic (exact) mass is 310 g/mol. The van der Waals surface area contributed by atoms with E-state index in [1.165, 1.54) is 0 Å². The molecule has 23 heavy (non-hydrogen) atoms. The van der Waals surface area contributed by atoms with Crippen LogP contribution in [0.5, 0.6) is 11.5 Å². The van der Waals surface area contributed by atoms with Crippen LogP contribution in [-0.4, -0.2) is 43.6 Å². The number of methoxy groups -OCH3 is 2. The lowest BCUT2D eigenvalue weighted by molar-refractivity contribution is 0.394. The van der Waals surface area contributed by atoms with Gasteiger partial charge < -0.3 is 9.47 Å². The van der Waals surface area contributed by atoms with Crippen molar-refractivity contribution < 1.29 is 9.47 Å². The molecule has 3 aromatic heterocycles. The number of nitrogens with zero attached hydrogens (tertiary/aromatic N) is 6. The summed E-state index contributed by atoms with van der Waals surface area (Å²) in [4.78, 5) is 8.98. The second kappa shape index (κ2) is 4.94. The van der Waals surface area contributed by atoms with Gasteiger partial charge in [0.2, 0.25) is 0 Å². The molecule has 4 aromatic rings. The van der Waals surface area contributed by atoms with Gasteiger partial charge in [-0.25, -0.2) is 14.5 Å². The summed E-state index contributed by atoms with van der Waals surface area (Å²) in [6.07, 6.45) is 3.37. The minimum Gasteiger partial charge on any atom is -0.497 e. The van der Waals surface area contributed by atoms with Gasteiger partial charge in [-0.1, -0.05) is 0 Å². The maximum Gasteiger partial charge on any atom is 0.182 e. The number of aryl methyl sites for hydroxylation is 1. The molecule has 0 fully saturated rings. The number of rotatable bonds is 3. The van der Waals surface area contributed by atoms with Gasteiger partial charge >= 0.3 is 0 Å². The highest BCUT2D eigenvalue weighted by atomic mass is 16.5. The Morgan fingerprint density at radius 2 is 1.74 bits per heavy atom. The van der Waals surface area contributed by atoms with Gasteiger partial charge in [-0.05, 0) is 12.1 Å². The lowest BCUT2D eigenvalue weighted by Crippen LogP contribution is -1.95. The van der Waals surface area contributed by atoms with E-state index in [9.17, 15) is 0 Å². The SMILES string of the molecule is COc1cc(OC)cc(-c2nc3c4cnn(C)c4ncn3n2)c1. The Hall–Kier alpha value is -3.16. The summed E-state index contributed by atoms with van der Waals surface area (Å²) < 4.78 is 13.9. The topological polar surface area (TPSA) is 79.4 Å². The quantitative estimate of drug-likeness (QED) is 0.573. The summed E-state index contributed by atoms with van der Waals surface area (Å²) in [5, 5.41) is 9.55. The van der Waals surface area contributed by atoms with Crippen molar-refractivity contribution in [3.05, 3.63) is 30.7 Å². The van der Waals surface area contributed by atoms with E-state index in [4.69, 9.17) is 9.47 Å². The molecule has 0 unspecified atom stereocenters. The zero-order valence-corrected chi connectivity index (χ0v) is 12.9. The standard InChI is InChI=1S/C15H14N6O2/c1-20-14-12(7-17-20)15-18-13(19-21(15)8-16-14)9-4-10(22-2)6-11(5-9)23-3/h4-8H,1-3H3. The number of ether oxygens (including phenoxy) is 2. The highest BCUT2D eigenvalue weighted by Gasteiger charge is 2.14. The van der Waals surface area contributed by atoms with E-state index >= 15 is 0 Å². The van der Waals surface area contributed by atoms with E-state index in [-0.39, 0.29) is 0 Å². The molecule has 0 saturated heterocycles. The molecule has 0 spiro atoms. The van der Waals surface area contributed by atoms with E-state index in [2.05, 4.69) is 20.2 Å². The summed E-state index contributed by atoms with van der Waals surface area (Å²) in [5.41, 5.74) is 2.28. The van der Waals surface area contributed by atoms with Crippen molar-refractivity contribution in [3.8, 4) is 22.9 Å². The molecule has 0 aliphatic carbocycles. The van der Waals surface area contributed by atoms with Crippen LogP contribution in [0, 0.1) is 0 Å². The van der Waals surface area contributed by atoms with Crippen molar-refractivity contribution in [2.75, 3.05) is 14.2 Å². The van der Waals surface area contributed by atoms with Gasteiger partial charge in [0.05, 0.1) is 25.8 Å². The Labute approximate surface area is 131 Å². The molecular weight excluding hydrogens is 296 g/mol. The Kier molecular flexibility index (Phi) is 2.90. The van der Waals surface area contributed by atoms with Gasteiger partial charge in [0.15, 0.2) is 17.1 Å². The number of benzene rings is 1. The minimum absolute atomic E-state index is 0.570. The molecule has 8 nitrogen and oxygen atoms in total. The van der Waals surface area contributed by atoms with E-state index in [0.29, 0.717) is 23.0 Å². The first-order chi connectivity index (χ1) is 11.2. The van der Waals surface area contributed by atoms with E-state index in [0.717, 1.165) is 16.6 Å². The fourth-order valence-electron chi connectivity index (χ4n) is 2.50. The molecule has 4 rings (SSSR count). The molecule has 1 aromatic carbocycles. The number of hydrogen-bond acceptors (Lipinski definition) is 6. The van der Waals surface area contributed by atoms with Crippen molar-refractivity contribution in [2.24, 2.45) is 7.05 Å². The zero-order valence-electron chi connectivity index (χ0n) is 12.9. The molecule has 0 atom stereocenters. The molecule has 0 amide bonds. The van der Waals surface area contributed by atoms with E-state index < -0.39 is 0 Å². The van der Waals surface area contributed by atoms with Crippen LogP contribution in [-0.2, 0) is 7.05 Å². The van der Waals surface area contributed by atoms with Gasteiger partial charge in [0.1, 0.15) is 17.8 Å². The average molecular weight is 310 g/mol. The normalized spacial score (nSPS) is 11.3. The minimum atomic E-state index is 0.570. The molecule has 0 saturated carbocycles. The van der Waals surface area contributed by atoms with Crippen molar-refractivity contribution in [2.45, 2.75) is 0 Å². The summed E-state index contributed by atoms with van der Waals surface area (Å²) in [6, 6.07) is 5.54. The second-order valence-corrected chi connectivity index (χ2v) is 5.05. The van der Waals surface area contributed by atoms with E-state index in [1.807, 2.05) is 19.2 Å². The highest BCUT2D eigenvalue weighted by molar-refractivity contribution is 5.89. The van der Waals surface area contributed by atoms with Crippen LogP contribution in [0.25, 0.3) is 28.1 Å².